The summed E-state index contributed by atoms with van der Waals surface area (Å²) < 4.78 is 11.2. The summed E-state index contributed by atoms with van der Waals surface area (Å²) in [7, 11) is 0. The number of carbonyl (C=O) groups is 2. The van der Waals surface area contributed by atoms with Crippen molar-refractivity contribution in [3.8, 4) is 5.75 Å². The van der Waals surface area contributed by atoms with Crippen molar-refractivity contribution < 1.29 is 24.0 Å². The molecule has 158 valence electrons. The molecule has 0 aliphatic heterocycles. The summed E-state index contributed by atoms with van der Waals surface area (Å²) >= 11 is 3.16. The van der Waals surface area contributed by atoms with Gasteiger partial charge in [-0.25, -0.2) is 4.79 Å². The van der Waals surface area contributed by atoms with Crippen LogP contribution in [-0.2, 0) is 16.1 Å². The molecule has 3 aromatic carbocycles. The summed E-state index contributed by atoms with van der Waals surface area (Å²) in [5.41, 5.74) is 1.34. The van der Waals surface area contributed by atoms with Crippen molar-refractivity contribution in [3.63, 3.8) is 0 Å². The molecular formula is C22H17BrN2O6. The topological polar surface area (TPSA) is 108 Å². The van der Waals surface area contributed by atoms with E-state index in [-0.39, 0.29) is 17.9 Å². The molecule has 31 heavy (non-hydrogen) atoms. The predicted octanol–water partition coefficient (Wildman–Crippen LogP) is 4.73. The van der Waals surface area contributed by atoms with Gasteiger partial charge in [-0.3, -0.25) is 14.9 Å². The van der Waals surface area contributed by atoms with Crippen molar-refractivity contribution in [1.82, 2.24) is 0 Å². The number of para-hydroxylation sites is 1. The standard InChI is InChI=1S/C22H17BrN2O6/c23-18-12-16(25(28)29)10-11-19(18)24-21(26)14-31-22(27)17-8-4-5-9-20(17)30-13-15-6-2-1-3-7-15/h1-12H,13-14H2,(H,24,26). The van der Waals surface area contributed by atoms with E-state index in [1.54, 1.807) is 24.3 Å². The van der Waals surface area contributed by atoms with E-state index in [1.807, 2.05) is 30.3 Å². The van der Waals surface area contributed by atoms with Gasteiger partial charge in [-0.2, -0.15) is 0 Å². The van der Waals surface area contributed by atoms with Crippen LogP contribution in [0.3, 0.4) is 0 Å². The van der Waals surface area contributed by atoms with E-state index in [0.29, 0.717) is 15.9 Å². The van der Waals surface area contributed by atoms with Crippen LogP contribution in [0.1, 0.15) is 15.9 Å². The van der Waals surface area contributed by atoms with Crippen molar-refractivity contribution in [3.05, 3.63) is 98.5 Å². The lowest BCUT2D eigenvalue weighted by atomic mass is 10.2. The molecule has 0 aromatic heterocycles. The Kier molecular flexibility index (Phi) is 7.34. The van der Waals surface area contributed by atoms with Gasteiger partial charge in [0.15, 0.2) is 6.61 Å². The van der Waals surface area contributed by atoms with E-state index in [9.17, 15) is 19.7 Å². The quantitative estimate of drug-likeness (QED) is 0.281. The summed E-state index contributed by atoms with van der Waals surface area (Å²) in [6.45, 7) is -0.255. The average molecular weight is 485 g/mol. The van der Waals surface area contributed by atoms with Gasteiger partial charge >= 0.3 is 5.97 Å². The van der Waals surface area contributed by atoms with Gasteiger partial charge in [0.2, 0.25) is 0 Å². The van der Waals surface area contributed by atoms with Gasteiger partial charge in [-0.1, -0.05) is 42.5 Å². The third-order valence-corrected chi connectivity index (χ3v) is 4.77. The van der Waals surface area contributed by atoms with Crippen LogP contribution in [-0.4, -0.2) is 23.4 Å². The molecule has 0 unspecified atom stereocenters. The SMILES string of the molecule is O=C(COC(=O)c1ccccc1OCc1ccccc1)Nc1ccc([N+](=O)[O-])cc1Br. The van der Waals surface area contributed by atoms with E-state index < -0.39 is 23.4 Å². The first-order valence-corrected chi connectivity index (χ1v) is 9.90. The highest BCUT2D eigenvalue weighted by Gasteiger charge is 2.16. The lowest BCUT2D eigenvalue weighted by Crippen LogP contribution is -2.21. The van der Waals surface area contributed by atoms with E-state index in [0.717, 1.165) is 5.56 Å². The van der Waals surface area contributed by atoms with Crippen LogP contribution in [0, 0.1) is 10.1 Å². The van der Waals surface area contributed by atoms with Crippen molar-refractivity contribution in [1.29, 1.82) is 0 Å². The third kappa shape index (κ3) is 6.13. The fourth-order valence-corrected chi connectivity index (χ4v) is 3.08. The highest BCUT2D eigenvalue weighted by atomic mass is 79.9. The Labute approximate surface area is 186 Å². The van der Waals surface area contributed by atoms with Crippen LogP contribution in [0.4, 0.5) is 11.4 Å². The Morgan fingerprint density at radius 2 is 1.71 bits per heavy atom. The van der Waals surface area contributed by atoms with Gasteiger partial charge in [0, 0.05) is 16.6 Å². The number of hydrogen-bond donors (Lipinski definition) is 1. The fraction of sp³-hybridized carbons (Fsp3) is 0.0909. The number of ether oxygens (including phenoxy) is 2. The number of hydrogen-bond acceptors (Lipinski definition) is 6. The molecule has 0 aliphatic carbocycles. The molecule has 9 heteroatoms. The molecule has 0 bridgehead atoms. The fourth-order valence-electron chi connectivity index (χ4n) is 2.61. The summed E-state index contributed by atoms with van der Waals surface area (Å²) in [5.74, 6) is -0.956. The Hall–Kier alpha value is -3.72. The van der Waals surface area contributed by atoms with Crippen LogP contribution in [0.2, 0.25) is 0 Å². The van der Waals surface area contributed by atoms with Crippen LogP contribution < -0.4 is 10.1 Å². The molecular weight excluding hydrogens is 468 g/mol. The maximum Gasteiger partial charge on any atom is 0.342 e. The Morgan fingerprint density at radius 1 is 1.00 bits per heavy atom. The maximum atomic E-state index is 12.5. The van der Waals surface area contributed by atoms with E-state index in [1.165, 1.54) is 18.2 Å². The number of benzene rings is 3. The number of nitrogens with one attached hydrogen (secondary N) is 1. The minimum atomic E-state index is -0.707. The van der Waals surface area contributed by atoms with Gasteiger partial charge in [0.05, 0.1) is 10.6 Å². The molecule has 0 fully saturated rings. The number of nitro benzene ring substituents is 1. The van der Waals surface area contributed by atoms with Crippen LogP contribution in [0.15, 0.2) is 77.3 Å². The second-order valence-corrected chi connectivity index (χ2v) is 7.17. The number of non-ortho nitro benzene ring substituents is 1. The van der Waals surface area contributed by atoms with Crippen molar-refractivity contribution in [2.75, 3.05) is 11.9 Å². The first-order chi connectivity index (χ1) is 14.9. The van der Waals surface area contributed by atoms with Gasteiger partial charge in [0.1, 0.15) is 17.9 Å². The summed E-state index contributed by atoms with van der Waals surface area (Å²) in [4.78, 5) is 34.8. The molecule has 8 nitrogen and oxygen atoms in total. The zero-order chi connectivity index (χ0) is 22.2. The number of nitrogens with zero attached hydrogens (tertiary/aromatic N) is 1. The largest absolute Gasteiger partial charge is 0.488 e. The molecule has 3 rings (SSSR count). The smallest absolute Gasteiger partial charge is 0.342 e. The van der Waals surface area contributed by atoms with Gasteiger partial charge in [0.25, 0.3) is 11.6 Å². The number of rotatable bonds is 8. The van der Waals surface area contributed by atoms with Crippen molar-refractivity contribution >= 4 is 39.2 Å². The minimum absolute atomic E-state index is 0.122. The zero-order valence-corrected chi connectivity index (χ0v) is 17.7. The number of carbonyl (C=O) groups excluding carboxylic acids is 2. The molecule has 0 aliphatic rings. The summed E-state index contributed by atoms with van der Waals surface area (Å²) in [6, 6.07) is 20.0. The Morgan fingerprint density at radius 3 is 2.42 bits per heavy atom. The maximum absolute atomic E-state index is 12.5. The van der Waals surface area contributed by atoms with E-state index in [2.05, 4.69) is 21.2 Å². The monoisotopic (exact) mass is 484 g/mol. The van der Waals surface area contributed by atoms with E-state index >= 15 is 0 Å². The first-order valence-electron chi connectivity index (χ1n) is 9.10. The highest BCUT2D eigenvalue weighted by Crippen LogP contribution is 2.27. The number of esters is 1. The third-order valence-electron chi connectivity index (χ3n) is 4.12. The number of nitro groups is 1. The second-order valence-electron chi connectivity index (χ2n) is 6.32. The van der Waals surface area contributed by atoms with Crippen LogP contribution in [0.25, 0.3) is 0 Å². The average Bonchev–Trinajstić information content (AvgIpc) is 2.78. The number of amides is 1. The second kappa shape index (κ2) is 10.4. The number of anilines is 1. The van der Waals surface area contributed by atoms with Crippen LogP contribution in [0.5, 0.6) is 5.75 Å². The first kappa shape index (κ1) is 22.0. The van der Waals surface area contributed by atoms with Gasteiger partial charge < -0.3 is 14.8 Å². The summed E-state index contributed by atoms with van der Waals surface area (Å²) in [5, 5.41) is 13.3. The highest BCUT2D eigenvalue weighted by molar-refractivity contribution is 9.10. The molecule has 1 N–H and O–H groups in total. The zero-order valence-electron chi connectivity index (χ0n) is 16.1. The minimum Gasteiger partial charge on any atom is -0.488 e. The Balaban J connectivity index is 1.58. The molecule has 0 atom stereocenters. The lowest BCUT2D eigenvalue weighted by Gasteiger charge is -2.12. The molecule has 1 amide bonds. The molecule has 0 heterocycles. The molecule has 0 spiro atoms. The van der Waals surface area contributed by atoms with Crippen molar-refractivity contribution in [2.45, 2.75) is 6.61 Å². The predicted molar refractivity (Wildman–Crippen MR) is 117 cm³/mol. The lowest BCUT2D eigenvalue weighted by molar-refractivity contribution is -0.384. The molecule has 0 saturated heterocycles. The van der Waals surface area contributed by atoms with Gasteiger partial charge in [-0.05, 0) is 39.7 Å². The summed E-state index contributed by atoms with van der Waals surface area (Å²) in [6.07, 6.45) is 0. The normalized spacial score (nSPS) is 10.2. The van der Waals surface area contributed by atoms with Crippen LogP contribution >= 0.6 is 15.9 Å². The Bertz CT molecular complexity index is 1100. The van der Waals surface area contributed by atoms with Gasteiger partial charge in [-0.15, -0.1) is 0 Å². The number of halogens is 1. The van der Waals surface area contributed by atoms with Crippen molar-refractivity contribution in [2.24, 2.45) is 0 Å². The molecule has 0 saturated carbocycles. The molecule has 3 aromatic rings. The van der Waals surface area contributed by atoms with E-state index in [4.69, 9.17) is 9.47 Å². The molecule has 0 radical (unpaired) electrons.